The molecule has 0 atom stereocenters. The molecule has 8 nitrogen and oxygen atoms in total. The fourth-order valence-electron chi connectivity index (χ4n) is 4.59. The minimum Gasteiger partial charge on any atom is -0.457 e. The Morgan fingerprint density at radius 1 is 1.10 bits per heavy atom. The lowest BCUT2D eigenvalue weighted by Crippen LogP contribution is -2.44. The van der Waals surface area contributed by atoms with Crippen molar-refractivity contribution >= 4 is 11.6 Å². The van der Waals surface area contributed by atoms with Gasteiger partial charge in [-0.25, -0.2) is 14.1 Å². The average molecular weight is 557 g/mol. The minimum absolute atomic E-state index is 0.0498. The number of methoxy groups -OCH3 is 1. The monoisotopic (exact) mass is 556 g/mol. The fourth-order valence-corrected chi connectivity index (χ4v) is 4.59. The third-order valence-electron chi connectivity index (χ3n) is 6.90. The van der Waals surface area contributed by atoms with Crippen LogP contribution in [0.5, 0.6) is 11.5 Å². The molecular formula is C32H33FN4O4. The Hall–Kier alpha value is -4.34. The number of hydrogen-bond donors (Lipinski definition) is 1. The summed E-state index contributed by atoms with van der Waals surface area (Å²) in [5.74, 6) is 0.683. The number of benzene rings is 2. The Morgan fingerprint density at radius 3 is 2.54 bits per heavy atom. The summed E-state index contributed by atoms with van der Waals surface area (Å²) in [4.78, 5) is 17.4. The number of ketones is 1. The van der Waals surface area contributed by atoms with Crippen LogP contribution in [-0.4, -0.2) is 47.5 Å². The second-order valence-electron chi connectivity index (χ2n) is 10.6. The zero-order valence-electron chi connectivity index (χ0n) is 23.4. The van der Waals surface area contributed by atoms with Gasteiger partial charge in [-0.3, -0.25) is 4.79 Å². The van der Waals surface area contributed by atoms with E-state index < -0.39 is 5.82 Å². The number of nitrogens with one attached hydrogen (secondary N) is 1. The van der Waals surface area contributed by atoms with Gasteiger partial charge in [-0.1, -0.05) is 30.3 Å². The maximum atomic E-state index is 15.1. The average Bonchev–Trinajstić information content (AvgIpc) is 3.33. The molecule has 9 heteroatoms. The molecule has 0 amide bonds. The predicted octanol–water partition coefficient (Wildman–Crippen LogP) is 5.72. The molecule has 0 aliphatic carbocycles. The Labute approximate surface area is 238 Å². The second kappa shape index (κ2) is 12.0. The number of carbonyl (C=O) groups is 1. The third kappa shape index (κ3) is 6.70. The van der Waals surface area contributed by atoms with Crippen LogP contribution in [0.2, 0.25) is 0 Å². The summed E-state index contributed by atoms with van der Waals surface area (Å²) in [6.45, 7) is 9.50. The van der Waals surface area contributed by atoms with Gasteiger partial charge < -0.3 is 19.5 Å². The number of Topliss-reactive ketones (excluding diaryl/α,β-unsaturated/α-hetero) is 1. The summed E-state index contributed by atoms with van der Waals surface area (Å²) in [7, 11) is 1.58. The van der Waals surface area contributed by atoms with E-state index in [1.807, 2.05) is 41.9 Å². The summed E-state index contributed by atoms with van der Waals surface area (Å²) >= 11 is 0. The first-order valence-electron chi connectivity index (χ1n) is 13.3. The number of rotatable bonds is 12. The highest BCUT2D eigenvalue weighted by Gasteiger charge is 2.38. The smallest absolute Gasteiger partial charge is 0.143 e. The Bertz CT molecular complexity index is 1560. The lowest BCUT2D eigenvalue weighted by Gasteiger charge is -2.36. The van der Waals surface area contributed by atoms with E-state index in [4.69, 9.17) is 19.3 Å². The number of hydrogen-bond acceptors (Lipinski definition) is 7. The number of nitrogens with zero attached hydrogens (tertiary/aromatic N) is 3. The topological polar surface area (TPSA) is 87.5 Å². The van der Waals surface area contributed by atoms with E-state index in [-0.39, 0.29) is 24.0 Å². The molecule has 5 rings (SSSR count). The number of anilines is 1. The summed E-state index contributed by atoms with van der Waals surface area (Å²) in [5.41, 5.74) is 4.42. The molecule has 1 fully saturated rings. The first kappa shape index (κ1) is 28.2. The van der Waals surface area contributed by atoms with Gasteiger partial charge in [-0.15, -0.1) is 0 Å². The molecule has 4 aromatic rings. The van der Waals surface area contributed by atoms with Crippen LogP contribution in [0.4, 0.5) is 10.2 Å². The van der Waals surface area contributed by atoms with Crippen molar-refractivity contribution in [2.24, 2.45) is 0 Å². The molecule has 212 valence electrons. The number of carbonyl (C=O) groups excluding carboxylic acids is 1. The molecule has 2 aromatic carbocycles. The van der Waals surface area contributed by atoms with Crippen LogP contribution in [0, 0.1) is 12.7 Å². The van der Waals surface area contributed by atoms with E-state index in [1.54, 1.807) is 37.6 Å². The molecule has 0 saturated carbocycles. The van der Waals surface area contributed by atoms with Crippen LogP contribution in [0.25, 0.3) is 5.69 Å². The van der Waals surface area contributed by atoms with Gasteiger partial charge in [0.1, 0.15) is 28.9 Å². The van der Waals surface area contributed by atoms with E-state index in [2.05, 4.69) is 23.8 Å². The van der Waals surface area contributed by atoms with Crippen molar-refractivity contribution in [2.45, 2.75) is 32.1 Å². The van der Waals surface area contributed by atoms with Crippen LogP contribution in [-0.2, 0) is 32.5 Å². The van der Waals surface area contributed by atoms with Gasteiger partial charge >= 0.3 is 0 Å². The molecule has 1 N–H and O–H groups in total. The zero-order valence-corrected chi connectivity index (χ0v) is 23.4. The van der Waals surface area contributed by atoms with Gasteiger partial charge in [0.25, 0.3) is 0 Å². The molecule has 1 saturated heterocycles. The Kier molecular flexibility index (Phi) is 8.28. The van der Waals surface area contributed by atoms with Crippen molar-refractivity contribution in [1.29, 1.82) is 0 Å². The van der Waals surface area contributed by atoms with Crippen molar-refractivity contribution in [1.82, 2.24) is 14.8 Å². The first-order valence-corrected chi connectivity index (χ1v) is 13.3. The standard InChI is InChI=1S/C32H33FN4O4/c1-21-5-8-24(9-6-21)37-25(15-30(36-37)32(3)19-40-20-32)14-26(38)13-23-7-10-27(16-29(23)33)41-28-11-12-34-31(17-28)35-22(2)18-39-4/h5-12,15-17H,2,13-14,18-20H2,1,3-4H3,(H,34,35). The number of halogens is 1. The third-order valence-corrected chi connectivity index (χ3v) is 6.90. The van der Waals surface area contributed by atoms with Crippen molar-refractivity contribution in [3.63, 3.8) is 0 Å². The summed E-state index contributed by atoms with van der Waals surface area (Å²) in [6.07, 6.45) is 1.65. The highest BCUT2D eigenvalue weighted by molar-refractivity contribution is 5.83. The molecule has 0 unspecified atom stereocenters. The largest absolute Gasteiger partial charge is 0.457 e. The van der Waals surface area contributed by atoms with Crippen LogP contribution in [0.15, 0.2) is 79.1 Å². The highest BCUT2D eigenvalue weighted by Crippen LogP contribution is 2.32. The van der Waals surface area contributed by atoms with Crippen molar-refractivity contribution in [3.05, 3.63) is 107 Å². The van der Waals surface area contributed by atoms with Crippen molar-refractivity contribution < 1.29 is 23.4 Å². The van der Waals surface area contributed by atoms with E-state index in [0.717, 1.165) is 22.6 Å². The lowest BCUT2D eigenvalue weighted by molar-refractivity contribution is -0.117. The van der Waals surface area contributed by atoms with E-state index in [0.29, 0.717) is 48.4 Å². The summed E-state index contributed by atoms with van der Waals surface area (Å²) in [5, 5.41) is 7.87. The number of aromatic nitrogens is 3. The van der Waals surface area contributed by atoms with Gasteiger partial charge in [0.15, 0.2) is 0 Å². The quantitative estimate of drug-likeness (QED) is 0.239. The molecule has 2 aromatic heterocycles. The predicted molar refractivity (Wildman–Crippen MR) is 154 cm³/mol. The number of aryl methyl sites for hydroxylation is 1. The Morgan fingerprint density at radius 2 is 1.85 bits per heavy atom. The van der Waals surface area contributed by atoms with Crippen molar-refractivity contribution in [3.8, 4) is 17.2 Å². The van der Waals surface area contributed by atoms with Crippen LogP contribution >= 0.6 is 0 Å². The fraction of sp³-hybridized carbons (Fsp3) is 0.281. The normalized spacial score (nSPS) is 13.9. The molecule has 1 aliphatic rings. The molecule has 41 heavy (non-hydrogen) atoms. The van der Waals surface area contributed by atoms with Gasteiger partial charge in [-0.05, 0) is 49.7 Å². The highest BCUT2D eigenvalue weighted by atomic mass is 19.1. The van der Waals surface area contributed by atoms with Gasteiger partial charge in [0, 0.05) is 44.0 Å². The van der Waals surface area contributed by atoms with E-state index in [1.165, 1.54) is 6.07 Å². The summed E-state index contributed by atoms with van der Waals surface area (Å²) in [6, 6.07) is 17.8. The maximum Gasteiger partial charge on any atom is 0.143 e. The molecule has 0 spiro atoms. The van der Waals surface area contributed by atoms with Gasteiger partial charge in [0.2, 0.25) is 0 Å². The second-order valence-corrected chi connectivity index (χ2v) is 10.6. The van der Waals surface area contributed by atoms with Crippen LogP contribution in [0.1, 0.15) is 29.4 Å². The maximum absolute atomic E-state index is 15.1. The molecule has 0 bridgehead atoms. The zero-order chi connectivity index (χ0) is 29.0. The van der Waals surface area contributed by atoms with Crippen LogP contribution < -0.4 is 10.1 Å². The molecule has 3 heterocycles. The number of pyridine rings is 1. The van der Waals surface area contributed by atoms with E-state index >= 15 is 4.39 Å². The minimum atomic E-state index is -0.511. The van der Waals surface area contributed by atoms with Gasteiger partial charge in [0.05, 0.1) is 42.3 Å². The SMILES string of the molecule is C=C(COC)Nc1cc(Oc2ccc(CC(=O)Cc3cc(C4(C)COC4)nn3-c3ccc(C)cc3)c(F)c2)ccn1. The number of ether oxygens (including phenoxy) is 3. The molecular weight excluding hydrogens is 523 g/mol. The van der Waals surface area contributed by atoms with E-state index in [9.17, 15) is 4.79 Å². The van der Waals surface area contributed by atoms with Crippen LogP contribution in [0.3, 0.4) is 0 Å². The molecule has 1 aliphatic heterocycles. The van der Waals surface area contributed by atoms with Gasteiger partial charge in [-0.2, -0.15) is 5.10 Å². The summed E-state index contributed by atoms with van der Waals surface area (Å²) < 4.78 is 33.2. The Balaban J connectivity index is 1.28. The molecule has 0 radical (unpaired) electrons. The first-order chi connectivity index (χ1) is 19.7. The lowest BCUT2D eigenvalue weighted by atomic mass is 9.85. The van der Waals surface area contributed by atoms with Crippen molar-refractivity contribution in [2.75, 3.05) is 32.2 Å².